The second-order valence-corrected chi connectivity index (χ2v) is 6.88. The number of rotatable bonds is 4. The van der Waals surface area contributed by atoms with E-state index in [0.717, 1.165) is 26.5 Å². The van der Waals surface area contributed by atoms with Crippen LogP contribution >= 0.6 is 27.5 Å². The Hall–Kier alpha value is -2.63. The number of hydrazone groups is 1. The van der Waals surface area contributed by atoms with Gasteiger partial charge in [0.25, 0.3) is 0 Å². The first-order chi connectivity index (χ1) is 12.7. The van der Waals surface area contributed by atoms with E-state index in [1.54, 1.807) is 18.3 Å². The third kappa shape index (κ3) is 3.64. The number of halogens is 2. The Kier molecular flexibility index (Phi) is 4.73. The van der Waals surface area contributed by atoms with Gasteiger partial charge in [0.15, 0.2) is 5.22 Å². The van der Waals surface area contributed by atoms with E-state index in [1.165, 1.54) is 0 Å². The van der Waals surface area contributed by atoms with Crippen molar-refractivity contribution in [2.45, 2.75) is 0 Å². The summed E-state index contributed by atoms with van der Waals surface area (Å²) in [7, 11) is 0. The maximum absolute atomic E-state index is 5.76. The van der Waals surface area contributed by atoms with Gasteiger partial charge in [0, 0.05) is 9.86 Å². The van der Waals surface area contributed by atoms with Crippen molar-refractivity contribution in [3.8, 4) is 11.1 Å². The fourth-order valence-electron chi connectivity index (χ4n) is 2.67. The average molecular weight is 427 g/mol. The minimum absolute atomic E-state index is 0.326. The maximum Gasteiger partial charge on any atom is 0.193 e. The van der Waals surface area contributed by atoms with Gasteiger partial charge in [-0.15, -0.1) is 0 Å². The number of fused-ring (bicyclic) bond motifs is 1. The molecule has 4 nitrogen and oxygen atoms in total. The van der Waals surface area contributed by atoms with Crippen LogP contribution in [-0.2, 0) is 0 Å². The van der Waals surface area contributed by atoms with Crippen LogP contribution < -0.4 is 5.43 Å². The van der Waals surface area contributed by atoms with Crippen LogP contribution in [0.1, 0.15) is 5.76 Å². The first-order valence-electron chi connectivity index (χ1n) is 7.89. The monoisotopic (exact) mass is 425 g/mol. The van der Waals surface area contributed by atoms with E-state index in [0.29, 0.717) is 16.8 Å². The topological polar surface area (TPSA) is 50.4 Å². The van der Waals surface area contributed by atoms with Crippen molar-refractivity contribution in [3.63, 3.8) is 0 Å². The van der Waals surface area contributed by atoms with Crippen molar-refractivity contribution < 1.29 is 4.42 Å². The van der Waals surface area contributed by atoms with E-state index in [2.05, 4.69) is 49.6 Å². The molecule has 26 heavy (non-hydrogen) atoms. The number of nitrogens with one attached hydrogen (secondary N) is 1. The molecule has 0 unspecified atom stereocenters. The summed E-state index contributed by atoms with van der Waals surface area (Å²) in [6.07, 6.45) is 1.56. The molecule has 1 N–H and O–H groups in total. The lowest BCUT2D eigenvalue weighted by Crippen LogP contribution is -1.95. The molecule has 0 spiro atoms. The first kappa shape index (κ1) is 16.8. The van der Waals surface area contributed by atoms with Crippen LogP contribution in [0.2, 0.25) is 5.22 Å². The molecule has 4 rings (SSSR count). The molecular formula is C20H13BrClN3O. The van der Waals surface area contributed by atoms with Crippen molar-refractivity contribution in [1.82, 2.24) is 4.98 Å². The Bertz CT molecular complexity index is 1090. The van der Waals surface area contributed by atoms with Crippen molar-refractivity contribution in [3.05, 3.63) is 82.2 Å². The summed E-state index contributed by atoms with van der Waals surface area (Å²) < 4.78 is 6.26. The van der Waals surface area contributed by atoms with E-state index in [9.17, 15) is 0 Å². The summed E-state index contributed by atoms with van der Waals surface area (Å²) in [5, 5.41) is 5.58. The van der Waals surface area contributed by atoms with Crippen LogP contribution in [0.3, 0.4) is 0 Å². The molecule has 0 amide bonds. The predicted molar refractivity (Wildman–Crippen MR) is 110 cm³/mol. The average Bonchev–Trinajstić information content (AvgIpc) is 3.07. The zero-order chi connectivity index (χ0) is 17.9. The lowest BCUT2D eigenvalue weighted by molar-refractivity contribution is 0.562. The molecular weight excluding hydrogens is 414 g/mol. The molecule has 0 saturated heterocycles. The highest BCUT2D eigenvalue weighted by Gasteiger charge is 2.08. The lowest BCUT2D eigenvalue weighted by atomic mass is 10.0. The molecule has 0 aliphatic carbocycles. The number of benzene rings is 2. The molecule has 0 saturated carbocycles. The predicted octanol–water partition coefficient (Wildman–Crippen LogP) is 6.36. The lowest BCUT2D eigenvalue weighted by Gasteiger charge is -2.10. The molecule has 0 fully saturated rings. The quantitative estimate of drug-likeness (QED) is 0.305. The van der Waals surface area contributed by atoms with Crippen LogP contribution in [0.5, 0.6) is 0 Å². The Morgan fingerprint density at radius 2 is 1.88 bits per heavy atom. The van der Waals surface area contributed by atoms with Gasteiger partial charge in [-0.25, -0.2) is 4.98 Å². The summed E-state index contributed by atoms with van der Waals surface area (Å²) in [4.78, 5) is 4.64. The van der Waals surface area contributed by atoms with E-state index in [-0.39, 0.29) is 0 Å². The molecule has 2 aromatic heterocycles. The third-order valence-electron chi connectivity index (χ3n) is 3.82. The molecule has 0 radical (unpaired) electrons. The van der Waals surface area contributed by atoms with Gasteiger partial charge < -0.3 is 4.42 Å². The molecule has 0 bridgehead atoms. The summed E-state index contributed by atoms with van der Waals surface area (Å²) in [5.74, 6) is 1.21. The minimum Gasteiger partial charge on any atom is -0.444 e. The number of aromatic nitrogens is 1. The zero-order valence-corrected chi connectivity index (χ0v) is 15.8. The highest BCUT2D eigenvalue weighted by molar-refractivity contribution is 9.10. The highest BCUT2D eigenvalue weighted by Crippen LogP contribution is 2.32. The van der Waals surface area contributed by atoms with Gasteiger partial charge in [-0.3, -0.25) is 5.43 Å². The molecule has 4 aromatic rings. The molecule has 2 aromatic carbocycles. The van der Waals surface area contributed by atoms with E-state index >= 15 is 0 Å². The summed E-state index contributed by atoms with van der Waals surface area (Å²) in [6, 6.07) is 21.6. The molecule has 128 valence electrons. The number of furan rings is 1. The number of anilines is 1. The van der Waals surface area contributed by atoms with Gasteiger partial charge in [-0.1, -0.05) is 46.3 Å². The molecule has 0 aliphatic rings. The van der Waals surface area contributed by atoms with Gasteiger partial charge in [-0.05, 0) is 59.1 Å². The van der Waals surface area contributed by atoms with Crippen molar-refractivity contribution in [2.75, 3.05) is 5.43 Å². The Balaban J connectivity index is 1.74. The van der Waals surface area contributed by atoms with Crippen molar-refractivity contribution in [2.24, 2.45) is 5.10 Å². The Morgan fingerprint density at radius 3 is 2.65 bits per heavy atom. The van der Waals surface area contributed by atoms with Gasteiger partial charge in [0.05, 0.1) is 11.7 Å². The summed E-state index contributed by atoms with van der Waals surface area (Å²) in [6.45, 7) is 0. The normalized spacial score (nSPS) is 11.3. The third-order valence-corrected chi connectivity index (χ3v) is 4.52. The molecule has 0 atom stereocenters. The van der Waals surface area contributed by atoms with Crippen LogP contribution in [0.15, 0.2) is 80.7 Å². The van der Waals surface area contributed by atoms with Gasteiger partial charge in [0.1, 0.15) is 11.6 Å². The van der Waals surface area contributed by atoms with Crippen molar-refractivity contribution >= 4 is 50.5 Å². The first-order valence-corrected chi connectivity index (χ1v) is 9.06. The highest BCUT2D eigenvalue weighted by atomic mass is 79.9. The SMILES string of the molecule is Clc1ccc(C=NNc2cc(-c3ccccc3)c3cc(Br)ccc3n2)o1. The summed E-state index contributed by atoms with van der Waals surface area (Å²) >= 11 is 9.30. The fourth-order valence-corrected chi connectivity index (χ4v) is 3.18. The van der Waals surface area contributed by atoms with Crippen LogP contribution in [-0.4, -0.2) is 11.2 Å². The maximum atomic E-state index is 5.76. The van der Waals surface area contributed by atoms with Gasteiger partial charge in [-0.2, -0.15) is 5.10 Å². The van der Waals surface area contributed by atoms with Gasteiger partial charge in [0.2, 0.25) is 0 Å². The van der Waals surface area contributed by atoms with Crippen molar-refractivity contribution in [1.29, 1.82) is 0 Å². The number of hydrogen-bond donors (Lipinski definition) is 1. The molecule has 6 heteroatoms. The largest absolute Gasteiger partial charge is 0.444 e. The number of nitrogens with zero attached hydrogens (tertiary/aromatic N) is 2. The van der Waals surface area contributed by atoms with E-state index in [1.807, 2.05) is 36.4 Å². The van der Waals surface area contributed by atoms with Gasteiger partial charge >= 0.3 is 0 Å². The summed E-state index contributed by atoms with van der Waals surface area (Å²) in [5.41, 5.74) is 6.04. The van der Waals surface area contributed by atoms with E-state index < -0.39 is 0 Å². The molecule has 2 heterocycles. The minimum atomic E-state index is 0.326. The Morgan fingerprint density at radius 1 is 1.04 bits per heavy atom. The second kappa shape index (κ2) is 7.32. The Labute approximate surface area is 163 Å². The molecule has 0 aliphatic heterocycles. The van der Waals surface area contributed by atoms with Crippen LogP contribution in [0.4, 0.5) is 5.82 Å². The van der Waals surface area contributed by atoms with E-state index in [4.69, 9.17) is 16.0 Å². The standard InChI is InChI=1S/C20H13BrClN3O/c21-14-6-8-18-17(10-14)16(13-4-2-1-3-5-13)11-20(24-18)25-23-12-15-7-9-19(22)26-15/h1-12H,(H,24,25). The smallest absolute Gasteiger partial charge is 0.193 e. The van der Waals surface area contributed by atoms with Crippen LogP contribution in [0.25, 0.3) is 22.0 Å². The zero-order valence-electron chi connectivity index (χ0n) is 13.5. The second-order valence-electron chi connectivity index (χ2n) is 5.59. The number of pyridine rings is 1. The fraction of sp³-hybridized carbons (Fsp3) is 0. The van der Waals surface area contributed by atoms with Crippen LogP contribution in [0, 0.1) is 0 Å². The number of hydrogen-bond acceptors (Lipinski definition) is 4.